The second-order valence-corrected chi connectivity index (χ2v) is 4.74. The van der Waals surface area contributed by atoms with Crippen LogP contribution >= 0.6 is 0 Å². The molecule has 1 rings (SSSR count). The van der Waals surface area contributed by atoms with Crippen molar-refractivity contribution in [2.45, 2.75) is 25.3 Å². The van der Waals surface area contributed by atoms with E-state index in [1.165, 1.54) is 0 Å². The molecule has 0 aliphatic heterocycles. The largest absolute Gasteiger partial charge is 0.481 e. The van der Waals surface area contributed by atoms with E-state index in [0.717, 1.165) is 19.3 Å². The zero-order chi connectivity index (χ0) is 11.4. The van der Waals surface area contributed by atoms with Gasteiger partial charge in [-0.3, -0.25) is 9.35 Å². The number of carboxylic acids is 1. The molecule has 1 fully saturated rings. The summed E-state index contributed by atoms with van der Waals surface area (Å²) in [5.74, 6) is -1.01. The number of hydrogen-bond acceptors (Lipinski definition) is 4. The van der Waals surface area contributed by atoms with E-state index in [9.17, 15) is 13.2 Å². The maximum atomic E-state index is 10.3. The van der Waals surface area contributed by atoms with Gasteiger partial charge in [0.25, 0.3) is 10.1 Å². The average molecular weight is 225 g/mol. The van der Waals surface area contributed by atoms with Gasteiger partial charge in [-0.25, -0.2) is 0 Å². The molecule has 7 heteroatoms. The van der Waals surface area contributed by atoms with Crippen molar-refractivity contribution in [1.82, 2.24) is 0 Å². The molecular formula is C7H15NO5S. The maximum Gasteiger partial charge on any atom is 0.308 e. The van der Waals surface area contributed by atoms with Crippen molar-refractivity contribution >= 4 is 16.1 Å². The molecule has 0 unspecified atom stereocenters. The lowest BCUT2D eigenvalue weighted by molar-refractivity contribution is -0.141. The zero-order valence-corrected chi connectivity index (χ0v) is 8.70. The zero-order valence-electron chi connectivity index (χ0n) is 7.88. The molecule has 0 heterocycles. The number of rotatable bonds is 1. The monoisotopic (exact) mass is 225 g/mol. The van der Waals surface area contributed by atoms with Crippen molar-refractivity contribution in [3.8, 4) is 0 Å². The summed E-state index contributed by atoms with van der Waals surface area (Å²) in [6, 6.07) is -0.0949. The molecule has 14 heavy (non-hydrogen) atoms. The molecule has 0 amide bonds. The SMILES string of the molecule is CS(=O)(=O)O.N[C@@H]1CCC[C@@H]1C(=O)O. The van der Waals surface area contributed by atoms with Gasteiger partial charge in [-0.05, 0) is 12.8 Å². The van der Waals surface area contributed by atoms with Crippen LogP contribution in [0.25, 0.3) is 0 Å². The molecule has 6 nitrogen and oxygen atoms in total. The van der Waals surface area contributed by atoms with Crippen molar-refractivity contribution in [2.75, 3.05) is 6.26 Å². The Morgan fingerprint density at radius 2 is 1.86 bits per heavy atom. The molecule has 0 radical (unpaired) electrons. The van der Waals surface area contributed by atoms with Crippen LogP contribution in [0.5, 0.6) is 0 Å². The first-order valence-electron chi connectivity index (χ1n) is 4.12. The van der Waals surface area contributed by atoms with Gasteiger partial charge in [0.1, 0.15) is 0 Å². The van der Waals surface area contributed by atoms with Gasteiger partial charge in [0, 0.05) is 6.04 Å². The Balaban J connectivity index is 0.000000292. The first kappa shape index (κ1) is 13.3. The average Bonchev–Trinajstić information content (AvgIpc) is 2.30. The van der Waals surface area contributed by atoms with E-state index in [-0.39, 0.29) is 12.0 Å². The molecule has 0 aromatic carbocycles. The molecule has 2 atom stereocenters. The van der Waals surface area contributed by atoms with Gasteiger partial charge in [0.2, 0.25) is 0 Å². The minimum atomic E-state index is -3.67. The quantitative estimate of drug-likeness (QED) is 0.527. The third-order valence-electron chi connectivity index (χ3n) is 1.89. The molecule has 0 saturated heterocycles. The van der Waals surface area contributed by atoms with Crippen LogP contribution in [0, 0.1) is 5.92 Å². The van der Waals surface area contributed by atoms with Crippen molar-refractivity contribution in [3.05, 3.63) is 0 Å². The lowest BCUT2D eigenvalue weighted by atomic mass is 10.1. The topological polar surface area (TPSA) is 118 Å². The third kappa shape index (κ3) is 6.81. The molecule has 4 N–H and O–H groups in total. The predicted molar refractivity (Wildman–Crippen MR) is 50.4 cm³/mol. The molecule has 0 bridgehead atoms. The standard InChI is InChI=1S/C6H11NO2.CH4O3S/c7-5-3-1-2-4(5)6(8)9;1-5(2,3)4/h4-5H,1-3,7H2,(H,8,9);1H3,(H,2,3,4)/t4-,5+;/m0./s1. The van der Waals surface area contributed by atoms with E-state index in [4.69, 9.17) is 15.4 Å². The number of aliphatic carboxylic acids is 1. The van der Waals surface area contributed by atoms with Crippen LogP contribution in [0.1, 0.15) is 19.3 Å². The van der Waals surface area contributed by atoms with E-state index >= 15 is 0 Å². The van der Waals surface area contributed by atoms with Crippen LogP contribution in [0.2, 0.25) is 0 Å². The Labute approximate surface area is 82.9 Å². The van der Waals surface area contributed by atoms with E-state index < -0.39 is 16.1 Å². The second-order valence-electron chi connectivity index (χ2n) is 3.27. The molecular weight excluding hydrogens is 210 g/mol. The van der Waals surface area contributed by atoms with E-state index in [0.29, 0.717) is 6.26 Å². The number of carbonyl (C=O) groups is 1. The molecule has 0 aromatic heterocycles. The van der Waals surface area contributed by atoms with Crippen LogP contribution in [0.3, 0.4) is 0 Å². The summed E-state index contributed by atoms with van der Waals surface area (Å²) >= 11 is 0. The minimum Gasteiger partial charge on any atom is -0.481 e. The summed E-state index contributed by atoms with van der Waals surface area (Å²) in [7, 11) is -3.67. The summed E-state index contributed by atoms with van der Waals surface area (Å²) in [6.45, 7) is 0. The highest BCUT2D eigenvalue weighted by Gasteiger charge is 2.29. The summed E-state index contributed by atoms with van der Waals surface area (Å²) in [5.41, 5.74) is 5.50. The van der Waals surface area contributed by atoms with Crippen molar-refractivity contribution in [3.63, 3.8) is 0 Å². The van der Waals surface area contributed by atoms with Crippen molar-refractivity contribution < 1.29 is 22.9 Å². The van der Waals surface area contributed by atoms with E-state index in [1.807, 2.05) is 0 Å². The van der Waals surface area contributed by atoms with Crippen LogP contribution in [0.15, 0.2) is 0 Å². The van der Waals surface area contributed by atoms with Gasteiger partial charge in [0.05, 0.1) is 12.2 Å². The van der Waals surface area contributed by atoms with E-state index in [2.05, 4.69) is 0 Å². The highest BCUT2D eigenvalue weighted by Crippen LogP contribution is 2.23. The lowest BCUT2D eigenvalue weighted by Crippen LogP contribution is -2.30. The van der Waals surface area contributed by atoms with Gasteiger partial charge in [-0.2, -0.15) is 8.42 Å². The highest BCUT2D eigenvalue weighted by atomic mass is 32.2. The molecule has 1 aliphatic carbocycles. The third-order valence-corrected chi connectivity index (χ3v) is 1.89. The normalized spacial score (nSPS) is 26.5. The Hall–Kier alpha value is -0.660. The van der Waals surface area contributed by atoms with Gasteiger partial charge in [-0.1, -0.05) is 6.42 Å². The first-order valence-corrected chi connectivity index (χ1v) is 5.97. The smallest absolute Gasteiger partial charge is 0.308 e. The van der Waals surface area contributed by atoms with Crippen molar-refractivity contribution in [2.24, 2.45) is 11.7 Å². The molecule has 1 saturated carbocycles. The summed E-state index contributed by atoms with van der Waals surface area (Å²) in [6.07, 6.45) is 3.32. The van der Waals surface area contributed by atoms with Gasteiger partial charge in [0.15, 0.2) is 0 Å². The highest BCUT2D eigenvalue weighted by molar-refractivity contribution is 7.85. The molecule has 0 spiro atoms. The fraction of sp³-hybridized carbons (Fsp3) is 0.857. The summed E-state index contributed by atoms with van der Waals surface area (Å²) < 4.78 is 25.9. The fourth-order valence-corrected chi connectivity index (χ4v) is 1.30. The van der Waals surface area contributed by atoms with Gasteiger partial charge >= 0.3 is 5.97 Å². The van der Waals surface area contributed by atoms with Gasteiger partial charge in [-0.15, -0.1) is 0 Å². The number of nitrogens with two attached hydrogens (primary N) is 1. The maximum absolute atomic E-state index is 10.3. The van der Waals surface area contributed by atoms with E-state index in [1.54, 1.807) is 0 Å². The number of hydrogen-bond donors (Lipinski definition) is 3. The van der Waals surface area contributed by atoms with Crippen LogP contribution in [0.4, 0.5) is 0 Å². The Bertz CT molecular complexity index is 278. The van der Waals surface area contributed by atoms with Crippen LogP contribution in [-0.2, 0) is 14.9 Å². The molecule has 84 valence electrons. The molecule has 0 aromatic rings. The fourth-order valence-electron chi connectivity index (χ4n) is 1.30. The predicted octanol–water partition coefficient (Wildman–Crippen LogP) is -0.298. The minimum absolute atomic E-state index is 0.0949. The Kier molecular flexibility index (Phi) is 5.03. The lowest BCUT2D eigenvalue weighted by Gasteiger charge is -2.07. The summed E-state index contributed by atoms with van der Waals surface area (Å²) in [4.78, 5) is 10.3. The van der Waals surface area contributed by atoms with Crippen molar-refractivity contribution in [1.29, 1.82) is 0 Å². The Morgan fingerprint density at radius 1 is 1.43 bits per heavy atom. The van der Waals surface area contributed by atoms with Gasteiger partial charge < -0.3 is 10.8 Å². The second kappa shape index (κ2) is 5.28. The van der Waals surface area contributed by atoms with Crippen LogP contribution in [-0.4, -0.2) is 36.3 Å². The molecule has 1 aliphatic rings. The first-order chi connectivity index (χ1) is 6.22. The summed E-state index contributed by atoms with van der Waals surface area (Å²) in [5, 5.41) is 8.50. The van der Waals surface area contributed by atoms with Crippen LogP contribution < -0.4 is 5.73 Å². The Morgan fingerprint density at radius 3 is 2.00 bits per heavy atom. The number of carboxylic acid groups (broad SMARTS) is 1.